The van der Waals surface area contributed by atoms with Gasteiger partial charge in [0.25, 0.3) is 11.8 Å². The highest BCUT2D eigenvalue weighted by Crippen LogP contribution is 2.36. The maximum Gasteiger partial charge on any atom is 0.262 e. The predicted octanol–water partition coefficient (Wildman–Crippen LogP) is 1.94. The van der Waals surface area contributed by atoms with E-state index in [9.17, 15) is 14.7 Å². The zero-order chi connectivity index (χ0) is 20.2. The van der Waals surface area contributed by atoms with Crippen molar-refractivity contribution in [3.05, 3.63) is 53.5 Å². The number of likely N-dealkylation sites (N-methyl/N-ethyl adjacent to an activating group) is 1. The van der Waals surface area contributed by atoms with E-state index in [1.54, 1.807) is 19.2 Å². The largest absolute Gasteiger partial charge is 0.460 e. The van der Waals surface area contributed by atoms with Crippen LogP contribution < -0.4 is 5.32 Å². The van der Waals surface area contributed by atoms with Gasteiger partial charge in [0.05, 0.1) is 5.56 Å². The molecule has 8 heteroatoms. The van der Waals surface area contributed by atoms with E-state index in [-0.39, 0.29) is 18.1 Å². The monoisotopic (exact) mass is 393 g/mol. The number of hydrogen-bond donors (Lipinski definition) is 2. The molecule has 2 amide bonds. The van der Waals surface area contributed by atoms with Gasteiger partial charge in [0.15, 0.2) is 5.76 Å². The lowest BCUT2D eigenvalue weighted by Gasteiger charge is -2.16. The highest BCUT2D eigenvalue weighted by atomic mass is 16.5. The summed E-state index contributed by atoms with van der Waals surface area (Å²) >= 11 is 0. The summed E-state index contributed by atoms with van der Waals surface area (Å²) in [5, 5.41) is 17.6. The van der Waals surface area contributed by atoms with Crippen LogP contribution in [-0.2, 0) is 16.8 Å². The molecular weight excluding hydrogens is 374 g/mol. The Bertz CT molecular complexity index is 1130. The first-order valence-electron chi connectivity index (χ1n) is 9.42. The Balaban J connectivity index is 1.48. The molecule has 8 nitrogen and oxygen atoms in total. The van der Waals surface area contributed by atoms with E-state index >= 15 is 0 Å². The Kier molecular flexibility index (Phi) is 3.85. The van der Waals surface area contributed by atoms with E-state index in [4.69, 9.17) is 8.94 Å². The van der Waals surface area contributed by atoms with Crippen LogP contribution >= 0.6 is 0 Å². The van der Waals surface area contributed by atoms with Gasteiger partial charge in [-0.05, 0) is 12.1 Å². The normalized spacial score (nSPS) is 21.4. The maximum absolute atomic E-state index is 12.3. The van der Waals surface area contributed by atoms with Crippen LogP contribution in [-0.4, -0.2) is 47.1 Å². The van der Waals surface area contributed by atoms with E-state index in [1.165, 1.54) is 4.90 Å². The second kappa shape index (κ2) is 6.31. The predicted molar refractivity (Wildman–Crippen MR) is 102 cm³/mol. The second-order valence-corrected chi connectivity index (χ2v) is 7.45. The van der Waals surface area contributed by atoms with Gasteiger partial charge in [0, 0.05) is 50.2 Å². The highest BCUT2D eigenvalue weighted by Gasteiger charge is 2.48. The number of nitrogens with one attached hydrogen (secondary N) is 1. The van der Waals surface area contributed by atoms with Crippen LogP contribution in [0, 0.1) is 0 Å². The van der Waals surface area contributed by atoms with Gasteiger partial charge in [0.2, 0.25) is 5.60 Å². The molecule has 1 atom stereocenters. The number of aliphatic hydroxyl groups is 1. The molecule has 3 aromatic rings. The third-order valence-corrected chi connectivity index (χ3v) is 5.56. The fourth-order valence-electron chi connectivity index (χ4n) is 3.85. The molecule has 2 aromatic heterocycles. The lowest BCUT2D eigenvalue weighted by molar-refractivity contribution is -0.144. The number of aromatic nitrogens is 1. The number of carbonyl (C=O) groups excluding carboxylic acids is 2. The van der Waals surface area contributed by atoms with Crippen LogP contribution in [0.25, 0.3) is 22.6 Å². The number of benzene rings is 1. The molecule has 148 valence electrons. The van der Waals surface area contributed by atoms with Gasteiger partial charge in [-0.2, -0.15) is 0 Å². The van der Waals surface area contributed by atoms with Crippen molar-refractivity contribution in [1.82, 2.24) is 15.4 Å². The Labute approximate surface area is 166 Å². The Morgan fingerprint density at radius 2 is 2.03 bits per heavy atom. The van der Waals surface area contributed by atoms with Crippen molar-refractivity contribution in [3.63, 3.8) is 0 Å². The first kappa shape index (κ1) is 17.7. The molecule has 29 heavy (non-hydrogen) atoms. The van der Waals surface area contributed by atoms with Crippen molar-refractivity contribution in [1.29, 1.82) is 0 Å². The quantitative estimate of drug-likeness (QED) is 0.704. The van der Waals surface area contributed by atoms with E-state index in [0.717, 1.165) is 11.1 Å². The van der Waals surface area contributed by atoms with Crippen LogP contribution in [0.1, 0.15) is 28.3 Å². The van der Waals surface area contributed by atoms with Crippen molar-refractivity contribution in [3.8, 4) is 22.6 Å². The minimum atomic E-state index is -1.68. The minimum Gasteiger partial charge on any atom is -0.460 e. The number of carbonyl (C=O) groups is 2. The molecule has 1 unspecified atom stereocenters. The van der Waals surface area contributed by atoms with Crippen molar-refractivity contribution in [2.45, 2.75) is 18.4 Å². The van der Waals surface area contributed by atoms with Crippen LogP contribution in [0.5, 0.6) is 0 Å². The summed E-state index contributed by atoms with van der Waals surface area (Å²) in [6.07, 6.45) is 0.922. The van der Waals surface area contributed by atoms with Crippen molar-refractivity contribution in [2.75, 3.05) is 20.1 Å². The number of likely N-dealkylation sites (tertiary alicyclic amines) is 1. The zero-order valence-electron chi connectivity index (χ0n) is 15.8. The molecule has 1 aromatic carbocycles. The molecule has 0 aliphatic carbocycles. The first-order valence-corrected chi connectivity index (χ1v) is 9.42. The number of rotatable bonds is 3. The highest BCUT2D eigenvalue weighted by molar-refractivity contribution is 5.97. The Morgan fingerprint density at radius 3 is 2.79 bits per heavy atom. The Hall–Kier alpha value is -3.39. The molecule has 0 bridgehead atoms. The second-order valence-electron chi connectivity index (χ2n) is 7.45. The van der Waals surface area contributed by atoms with Gasteiger partial charge in [0.1, 0.15) is 17.2 Å². The number of nitrogens with zero attached hydrogens (tertiary/aromatic N) is 2. The molecule has 5 rings (SSSR count). The van der Waals surface area contributed by atoms with Crippen molar-refractivity contribution in [2.24, 2.45) is 0 Å². The summed E-state index contributed by atoms with van der Waals surface area (Å²) in [5.74, 6) is 0.900. The fourth-order valence-corrected chi connectivity index (χ4v) is 3.85. The molecule has 0 spiro atoms. The molecule has 4 heterocycles. The molecule has 2 aliphatic heterocycles. The lowest BCUT2D eigenvalue weighted by atomic mass is 9.98. The summed E-state index contributed by atoms with van der Waals surface area (Å²) in [5.41, 5.74) is 0.937. The van der Waals surface area contributed by atoms with Crippen LogP contribution in [0.15, 0.2) is 45.3 Å². The minimum absolute atomic E-state index is 0.127. The number of amides is 2. The van der Waals surface area contributed by atoms with Gasteiger partial charge in [-0.3, -0.25) is 9.59 Å². The van der Waals surface area contributed by atoms with Crippen molar-refractivity contribution >= 4 is 11.8 Å². The lowest BCUT2D eigenvalue weighted by Crippen LogP contribution is -2.35. The zero-order valence-corrected chi connectivity index (χ0v) is 15.8. The van der Waals surface area contributed by atoms with Gasteiger partial charge in [-0.1, -0.05) is 23.4 Å². The standard InChI is InChI=1S/C21H19N3O5/c1-24-8-6-21(27,20(24)26)18-11-15(23-29-18)12-3-2-4-13(9-12)17-10-14-16(28-17)5-7-22-19(14)25/h2-4,9-11,27H,5-8H2,1H3,(H,22,25). The molecule has 0 radical (unpaired) electrons. The molecule has 2 aliphatic rings. The van der Waals surface area contributed by atoms with Crippen LogP contribution in [0.2, 0.25) is 0 Å². The molecular formula is C21H19N3O5. The van der Waals surface area contributed by atoms with Gasteiger partial charge < -0.3 is 24.3 Å². The molecule has 0 saturated carbocycles. The topological polar surface area (TPSA) is 109 Å². The third-order valence-electron chi connectivity index (χ3n) is 5.56. The average molecular weight is 393 g/mol. The summed E-state index contributed by atoms with van der Waals surface area (Å²) in [7, 11) is 1.64. The number of furan rings is 1. The van der Waals surface area contributed by atoms with Crippen molar-refractivity contribution < 1.29 is 23.6 Å². The van der Waals surface area contributed by atoms with E-state index in [0.29, 0.717) is 42.3 Å². The van der Waals surface area contributed by atoms with E-state index < -0.39 is 11.5 Å². The first-order chi connectivity index (χ1) is 14.0. The van der Waals surface area contributed by atoms with Gasteiger partial charge >= 0.3 is 0 Å². The van der Waals surface area contributed by atoms with E-state index in [2.05, 4.69) is 10.5 Å². The summed E-state index contributed by atoms with van der Waals surface area (Å²) in [6, 6.07) is 10.8. The molecule has 1 fully saturated rings. The van der Waals surface area contributed by atoms with E-state index in [1.807, 2.05) is 24.3 Å². The van der Waals surface area contributed by atoms with Crippen LogP contribution in [0.3, 0.4) is 0 Å². The van der Waals surface area contributed by atoms with Gasteiger partial charge in [-0.15, -0.1) is 0 Å². The fraction of sp³-hybridized carbons (Fsp3) is 0.286. The summed E-state index contributed by atoms with van der Waals surface area (Å²) in [4.78, 5) is 25.7. The Morgan fingerprint density at radius 1 is 1.21 bits per heavy atom. The average Bonchev–Trinajstić information content (AvgIpc) is 3.44. The molecule has 2 N–H and O–H groups in total. The number of hydrogen-bond acceptors (Lipinski definition) is 6. The molecule has 1 saturated heterocycles. The number of fused-ring (bicyclic) bond motifs is 1. The summed E-state index contributed by atoms with van der Waals surface area (Å²) < 4.78 is 11.2. The van der Waals surface area contributed by atoms with Crippen LogP contribution in [0.4, 0.5) is 0 Å². The summed E-state index contributed by atoms with van der Waals surface area (Å²) in [6.45, 7) is 1.02. The SMILES string of the molecule is CN1CCC(O)(c2cc(-c3cccc(-c4cc5c(o4)CCNC5=O)c3)no2)C1=O. The smallest absolute Gasteiger partial charge is 0.262 e. The maximum atomic E-state index is 12.3. The third kappa shape index (κ3) is 2.75. The van der Waals surface area contributed by atoms with Gasteiger partial charge in [-0.25, -0.2) is 0 Å².